The fourth-order valence-electron chi connectivity index (χ4n) is 4.18. The zero-order chi connectivity index (χ0) is 25.3. The second-order valence-electron chi connectivity index (χ2n) is 9.39. The molecule has 3 heterocycles. The molecular weight excluding hydrogens is 471 g/mol. The standard InChI is InChI=1S/C24H27FN4O5Si/c1-33-21-8-6-16-18(27-21)9-10-29(22(31)13-15-12-20(30)28-34-15)23(16)24(32)26-14-5-7-19(17(25)11-14)35(2,3)4/h5-8,11-12,23H,9-10,13H2,1-4H3,(H,26,32)(H,28,30)/t23-/m1/s1. The van der Waals surface area contributed by atoms with Gasteiger partial charge in [0.25, 0.3) is 11.8 Å². The van der Waals surface area contributed by atoms with E-state index in [0.717, 1.165) is 0 Å². The van der Waals surface area contributed by atoms with Gasteiger partial charge in [-0.15, -0.1) is 0 Å². The number of anilines is 1. The van der Waals surface area contributed by atoms with Crippen molar-refractivity contribution in [1.82, 2.24) is 15.0 Å². The number of halogens is 1. The number of ether oxygens (including phenoxy) is 1. The number of aromatic hydroxyl groups is 1. The Morgan fingerprint density at radius 1 is 1.26 bits per heavy atom. The van der Waals surface area contributed by atoms with Crippen LogP contribution in [0.15, 0.2) is 40.9 Å². The molecule has 0 fully saturated rings. The minimum absolute atomic E-state index is 0.175. The molecule has 9 nitrogen and oxygen atoms in total. The van der Waals surface area contributed by atoms with Gasteiger partial charge in [0, 0.05) is 36.3 Å². The van der Waals surface area contributed by atoms with Crippen molar-refractivity contribution in [3.63, 3.8) is 0 Å². The number of hydrogen-bond donors (Lipinski definition) is 2. The van der Waals surface area contributed by atoms with E-state index in [2.05, 4.69) is 15.5 Å². The highest BCUT2D eigenvalue weighted by Gasteiger charge is 2.37. The molecule has 3 aromatic rings. The van der Waals surface area contributed by atoms with Crippen molar-refractivity contribution < 1.29 is 28.3 Å². The third kappa shape index (κ3) is 5.19. The number of carbonyl (C=O) groups excluding carboxylic acids is 2. The Balaban J connectivity index is 1.65. The molecule has 11 heteroatoms. The predicted octanol–water partition coefficient (Wildman–Crippen LogP) is 2.78. The maximum Gasteiger partial charge on any atom is 0.251 e. The van der Waals surface area contributed by atoms with Gasteiger partial charge in [0.15, 0.2) is 0 Å². The molecule has 0 saturated heterocycles. The summed E-state index contributed by atoms with van der Waals surface area (Å²) in [5.41, 5.74) is 1.50. The van der Waals surface area contributed by atoms with Crippen molar-refractivity contribution in [2.24, 2.45) is 0 Å². The second kappa shape index (κ2) is 9.49. The Kier molecular flexibility index (Phi) is 6.61. The smallest absolute Gasteiger partial charge is 0.251 e. The monoisotopic (exact) mass is 498 g/mol. The molecular formula is C24H27FN4O5Si. The summed E-state index contributed by atoms with van der Waals surface area (Å²) in [7, 11) is -0.380. The Bertz CT molecular complexity index is 1270. The van der Waals surface area contributed by atoms with Crippen molar-refractivity contribution in [3.05, 3.63) is 59.2 Å². The fraction of sp³-hybridized carbons (Fsp3) is 0.333. The van der Waals surface area contributed by atoms with E-state index in [1.807, 2.05) is 19.6 Å². The van der Waals surface area contributed by atoms with Crippen LogP contribution >= 0.6 is 0 Å². The van der Waals surface area contributed by atoms with E-state index >= 15 is 0 Å². The van der Waals surface area contributed by atoms with Crippen LogP contribution in [0.2, 0.25) is 19.6 Å². The molecule has 4 rings (SSSR count). The molecule has 0 saturated carbocycles. The van der Waals surface area contributed by atoms with Gasteiger partial charge in [-0.25, -0.2) is 9.37 Å². The van der Waals surface area contributed by atoms with Gasteiger partial charge in [0.1, 0.15) is 17.6 Å². The molecule has 1 atom stereocenters. The van der Waals surface area contributed by atoms with Crippen molar-refractivity contribution in [2.75, 3.05) is 19.0 Å². The highest BCUT2D eigenvalue weighted by molar-refractivity contribution is 6.88. The van der Waals surface area contributed by atoms with Crippen LogP contribution in [0.25, 0.3) is 0 Å². The molecule has 2 aromatic heterocycles. The molecule has 1 aliphatic heterocycles. The molecule has 0 spiro atoms. The lowest BCUT2D eigenvalue weighted by Crippen LogP contribution is -2.46. The Morgan fingerprint density at radius 2 is 2.03 bits per heavy atom. The highest BCUT2D eigenvalue weighted by Crippen LogP contribution is 2.32. The number of hydrogen-bond acceptors (Lipinski definition) is 7. The molecule has 0 aliphatic carbocycles. The number of nitrogens with zero attached hydrogens (tertiary/aromatic N) is 3. The second-order valence-corrected chi connectivity index (χ2v) is 14.4. The number of pyridine rings is 1. The third-order valence-corrected chi connectivity index (χ3v) is 7.90. The summed E-state index contributed by atoms with van der Waals surface area (Å²) in [4.78, 5) is 32.5. The Morgan fingerprint density at radius 3 is 2.66 bits per heavy atom. The molecule has 0 bridgehead atoms. The van der Waals surface area contributed by atoms with Crippen molar-refractivity contribution >= 4 is 30.8 Å². The molecule has 0 unspecified atom stereocenters. The summed E-state index contributed by atoms with van der Waals surface area (Å²) >= 11 is 0. The fourth-order valence-corrected chi connectivity index (χ4v) is 5.55. The van der Waals surface area contributed by atoms with Gasteiger partial charge in [-0.3, -0.25) is 9.59 Å². The average molecular weight is 499 g/mol. The van der Waals surface area contributed by atoms with E-state index in [9.17, 15) is 19.1 Å². The first-order valence-corrected chi connectivity index (χ1v) is 14.7. The number of fused-ring (bicyclic) bond motifs is 1. The van der Waals surface area contributed by atoms with Crippen LogP contribution in [-0.4, -0.2) is 53.7 Å². The van der Waals surface area contributed by atoms with Gasteiger partial charge in [-0.05, 0) is 28.5 Å². The van der Waals surface area contributed by atoms with Gasteiger partial charge in [-0.1, -0.05) is 25.7 Å². The van der Waals surface area contributed by atoms with Crippen molar-refractivity contribution in [1.29, 1.82) is 0 Å². The zero-order valence-corrected chi connectivity index (χ0v) is 21.0. The van der Waals surface area contributed by atoms with E-state index in [-0.39, 0.29) is 36.3 Å². The summed E-state index contributed by atoms with van der Waals surface area (Å²) in [5, 5.41) is 16.2. The van der Waals surface area contributed by atoms with Gasteiger partial charge in [0.2, 0.25) is 11.8 Å². The lowest BCUT2D eigenvalue weighted by atomic mass is 9.95. The van der Waals surface area contributed by atoms with E-state index in [1.165, 1.54) is 24.1 Å². The zero-order valence-electron chi connectivity index (χ0n) is 20.0. The first-order chi connectivity index (χ1) is 16.6. The number of aromatic nitrogens is 2. The highest BCUT2D eigenvalue weighted by atomic mass is 28.3. The van der Waals surface area contributed by atoms with Crippen LogP contribution in [0.5, 0.6) is 11.8 Å². The number of nitrogens with one attached hydrogen (secondary N) is 1. The van der Waals surface area contributed by atoms with E-state index in [1.54, 1.807) is 24.3 Å². The van der Waals surface area contributed by atoms with Crippen LogP contribution in [-0.2, 0) is 22.4 Å². The lowest BCUT2D eigenvalue weighted by molar-refractivity contribution is -0.139. The number of amides is 2. The van der Waals surface area contributed by atoms with E-state index < -0.39 is 20.0 Å². The number of carbonyl (C=O) groups is 2. The van der Waals surface area contributed by atoms with Gasteiger partial charge >= 0.3 is 0 Å². The lowest BCUT2D eigenvalue weighted by Gasteiger charge is -2.36. The number of benzene rings is 1. The number of methoxy groups -OCH3 is 1. The molecule has 1 aromatic carbocycles. The minimum Gasteiger partial charge on any atom is -0.491 e. The molecule has 2 amide bonds. The van der Waals surface area contributed by atoms with Crippen LogP contribution in [0.3, 0.4) is 0 Å². The summed E-state index contributed by atoms with van der Waals surface area (Å²) in [6, 6.07) is 8.28. The van der Waals surface area contributed by atoms with E-state index in [0.29, 0.717) is 34.4 Å². The summed E-state index contributed by atoms with van der Waals surface area (Å²) in [5.74, 6) is -0.991. The maximum absolute atomic E-state index is 14.8. The minimum atomic E-state index is -1.88. The van der Waals surface area contributed by atoms with Crippen LogP contribution < -0.4 is 15.2 Å². The maximum atomic E-state index is 14.8. The first kappa shape index (κ1) is 24.4. The average Bonchev–Trinajstić information content (AvgIpc) is 3.21. The van der Waals surface area contributed by atoms with Crippen molar-refractivity contribution in [3.8, 4) is 11.8 Å². The Hall–Kier alpha value is -3.73. The SMILES string of the molecule is COc1ccc2c(n1)CCN(C(=O)Cc1cc(O)no1)[C@H]2C(=O)Nc1ccc([Si](C)(C)C)c(F)c1. The van der Waals surface area contributed by atoms with Gasteiger partial charge < -0.3 is 24.6 Å². The first-order valence-electron chi connectivity index (χ1n) is 11.2. The van der Waals surface area contributed by atoms with E-state index in [4.69, 9.17) is 9.26 Å². The normalized spacial score (nSPS) is 15.5. The van der Waals surface area contributed by atoms with Crippen molar-refractivity contribution in [2.45, 2.75) is 38.5 Å². The van der Waals surface area contributed by atoms with Crippen LogP contribution in [0.4, 0.5) is 10.1 Å². The molecule has 184 valence electrons. The molecule has 2 N–H and O–H groups in total. The molecule has 0 radical (unpaired) electrons. The van der Waals surface area contributed by atoms with Crippen LogP contribution in [0, 0.1) is 5.82 Å². The molecule has 35 heavy (non-hydrogen) atoms. The third-order valence-electron chi connectivity index (χ3n) is 5.87. The predicted molar refractivity (Wildman–Crippen MR) is 129 cm³/mol. The quantitative estimate of drug-likeness (QED) is 0.502. The summed E-state index contributed by atoms with van der Waals surface area (Å²) in [6.45, 7) is 6.36. The Labute approximate surface area is 202 Å². The number of rotatable bonds is 6. The topological polar surface area (TPSA) is 118 Å². The van der Waals surface area contributed by atoms with Gasteiger partial charge in [0.05, 0.1) is 27.3 Å². The molecule has 1 aliphatic rings. The van der Waals surface area contributed by atoms with Gasteiger partial charge in [-0.2, -0.15) is 0 Å². The van der Waals surface area contributed by atoms with Crippen LogP contribution in [0.1, 0.15) is 23.1 Å². The summed E-state index contributed by atoms with van der Waals surface area (Å²) in [6.07, 6.45) is 0.235. The largest absolute Gasteiger partial charge is 0.491 e. The summed E-state index contributed by atoms with van der Waals surface area (Å²) < 4.78 is 24.9.